The van der Waals surface area contributed by atoms with Crippen molar-refractivity contribution in [2.24, 2.45) is 11.8 Å². The van der Waals surface area contributed by atoms with Crippen molar-refractivity contribution in [3.63, 3.8) is 0 Å². The summed E-state index contributed by atoms with van der Waals surface area (Å²) in [6.07, 6.45) is 5.95. The third-order valence-electron chi connectivity index (χ3n) is 5.09. The van der Waals surface area contributed by atoms with Gasteiger partial charge in [-0.1, -0.05) is 12.5 Å². The fraction of sp³-hybridized carbons (Fsp3) is 0.562. The van der Waals surface area contributed by atoms with Crippen molar-refractivity contribution in [1.29, 1.82) is 0 Å². The number of imidazole rings is 1. The SMILES string of the molecule is Fc1cccc2c1nc(CCCl)n2C1CC2CCC1C2. The van der Waals surface area contributed by atoms with Crippen LogP contribution in [0.5, 0.6) is 0 Å². The first-order valence-electron chi connectivity index (χ1n) is 7.49. The van der Waals surface area contributed by atoms with Crippen LogP contribution in [0.2, 0.25) is 0 Å². The predicted octanol–water partition coefficient (Wildman–Crippen LogP) is 4.32. The lowest BCUT2D eigenvalue weighted by Crippen LogP contribution is -2.18. The highest BCUT2D eigenvalue weighted by Crippen LogP contribution is 2.51. The van der Waals surface area contributed by atoms with E-state index in [1.54, 1.807) is 6.07 Å². The summed E-state index contributed by atoms with van der Waals surface area (Å²) in [4.78, 5) is 4.53. The van der Waals surface area contributed by atoms with E-state index in [1.165, 1.54) is 31.7 Å². The Bertz CT molecular complexity index is 651. The molecule has 3 unspecified atom stereocenters. The van der Waals surface area contributed by atoms with E-state index in [2.05, 4.69) is 9.55 Å². The second-order valence-corrected chi connectivity index (χ2v) is 6.56. The van der Waals surface area contributed by atoms with Crippen LogP contribution in [0.25, 0.3) is 11.0 Å². The highest BCUT2D eigenvalue weighted by molar-refractivity contribution is 6.17. The molecule has 2 aromatic rings. The fourth-order valence-electron chi connectivity index (χ4n) is 4.29. The zero-order chi connectivity index (χ0) is 13.7. The number of aryl methyl sites for hydroxylation is 1. The summed E-state index contributed by atoms with van der Waals surface area (Å²) < 4.78 is 16.3. The van der Waals surface area contributed by atoms with E-state index >= 15 is 0 Å². The van der Waals surface area contributed by atoms with Gasteiger partial charge in [0.25, 0.3) is 0 Å². The standard InChI is InChI=1S/C16H18ClFN2/c17-7-6-15-19-16-12(18)2-1-3-13(16)20(15)14-9-10-4-5-11(14)8-10/h1-3,10-11,14H,4-9H2. The smallest absolute Gasteiger partial charge is 0.151 e. The second kappa shape index (κ2) is 4.73. The molecule has 4 rings (SSSR count). The number of rotatable bonds is 3. The van der Waals surface area contributed by atoms with Crippen molar-refractivity contribution in [3.05, 3.63) is 29.8 Å². The zero-order valence-electron chi connectivity index (χ0n) is 11.4. The van der Waals surface area contributed by atoms with E-state index in [4.69, 9.17) is 11.6 Å². The Hall–Kier alpha value is -1.09. The number of fused-ring (bicyclic) bond motifs is 3. The summed E-state index contributed by atoms with van der Waals surface area (Å²) >= 11 is 5.91. The highest BCUT2D eigenvalue weighted by Gasteiger charge is 2.41. The average molecular weight is 293 g/mol. The third kappa shape index (κ3) is 1.79. The van der Waals surface area contributed by atoms with Crippen molar-refractivity contribution in [2.45, 2.75) is 38.1 Å². The first-order chi connectivity index (χ1) is 9.78. The van der Waals surface area contributed by atoms with Crippen molar-refractivity contribution < 1.29 is 4.39 Å². The number of hydrogen-bond donors (Lipinski definition) is 0. The van der Waals surface area contributed by atoms with Crippen LogP contribution in [0.3, 0.4) is 0 Å². The minimum absolute atomic E-state index is 0.222. The van der Waals surface area contributed by atoms with E-state index in [0.29, 0.717) is 23.9 Å². The van der Waals surface area contributed by atoms with Gasteiger partial charge in [-0.25, -0.2) is 9.37 Å². The van der Waals surface area contributed by atoms with E-state index in [0.717, 1.165) is 23.2 Å². The number of hydrogen-bond acceptors (Lipinski definition) is 1. The second-order valence-electron chi connectivity index (χ2n) is 6.19. The number of para-hydroxylation sites is 1. The third-order valence-corrected chi connectivity index (χ3v) is 5.28. The van der Waals surface area contributed by atoms with Crippen LogP contribution in [0.15, 0.2) is 18.2 Å². The molecule has 1 aromatic carbocycles. The molecule has 1 heterocycles. The van der Waals surface area contributed by atoms with Crippen LogP contribution in [0.4, 0.5) is 4.39 Å². The molecule has 0 saturated heterocycles. The number of halogens is 2. The Balaban J connectivity index is 1.87. The summed E-state index contributed by atoms with van der Waals surface area (Å²) in [5, 5.41) is 0. The molecule has 0 spiro atoms. The maximum Gasteiger partial charge on any atom is 0.151 e. The maximum absolute atomic E-state index is 14.0. The molecule has 0 aliphatic heterocycles. The quantitative estimate of drug-likeness (QED) is 0.771. The lowest BCUT2D eigenvalue weighted by atomic mass is 9.95. The van der Waals surface area contributed by atoms with Gasteiger partial charge in [0.2, 0.25) is 0 Å². The Morgan fingerprint density at radius 3 is 2.90 bits per heavy atom. The molecule has 4 heteroatoms. The van der Waals surface area contributed by atoms with Crippen LogP contribution in [-0.2, 0) is 6.42 Å². The van der Waals surface area contributed by atoms with Gasteiger partial charge in [-0.2, -0.15) is 0 Å². The van der Waals surface area contributed by atoms with Crippen molar-refractivity contribution in [3.8, 4) is 0 Å². The zero-order valence-corrected chi connectivity index (χ0v) is 12.1. The van der Waals surface area contributed by atoms with Gasteiger partial charge >= 0.3 is 0 Å². The van der Waals surface area contributed by atoms with Gasteiger partial charge in [-0.05, 0) is 43.2 Å². The van der Waals surface area contributed by atoms with Crippen molar-refractivity contribution in [2.75, 3.05) is 5.88 Å². The molecule has 2 bridgehead atoms. The largest absolute Gasteiger partial charge is 0.324 e. The molecule has 106 valence electrons. The maximum atomic E-state index is 14.0. The molecule has 0 N–H and O–H groups in total. The van der Waals surface area contributed by atoms with Gasteiger partial charge in [0.1, 0.15) is 11.3 Å². The number of nitrogens with zero attached hydrogens (tertiary/aromatic N) is 2. The Morgan fingerprint density at radius 2 is 2.20 bits per heavy atom. The fourth-order valence-corrected chi connectivity index (χ4v) is 4.46. The van der Waals surface area contributed by atoms with Gasteiger partial charge in [-0.15, -0.1) is 11.6 Å². The molecule has 3 atom stereocenters. The van der Waals surface area contributed by atoms with Crippen molar-refractivity contribution >= 4 is 22.6 Å². The van der Waals surface area contributed by atoms with Gasteiger partial charge in [0, 0.05) is 18.3 Å². The molecule has 2 saturated carbocycles. The molecule has 0 amide bonds. The van der Waals surface area contributed by atoms with Gasteiger partial charge < -0.3 is 4.57 Å². The Morgan fingerprint density at radius 1 is 1.30 bits per heavy atom. The molecule has 0 radical (unpaired) electrons. The average Bonchev–Trinajstić information content (AvgIpc) is 3.12. The minimum Gasteiger partial charge on any atom is -0.324 e. The van der Waals surface area contributed by atoms with Crippen LogP contribution in [-0.4, -0.2) is 15.4 Å². The summed E-state index contributed by atoms with van der Waals surface area (Å²) in [6.45, 7) is 0. The van der Waals surface area contributed by atoms with E-state index in [1.807, 2.05) is 6.07 Å². The Kier molecular flexibility index (Phi) is 2.99. The lowest BCUT2D eigenvalue weighted by Gasteiger charge is -2.25. The number of benzene rings is 1. The first kappa shape index (κ1) is 12.6. The minimum atomic E-state index is -0.222. The van der Waals surface area contributed by atoms with Crippen LogP contribution in [0.1, 0.15) is 37.5 Å². The van der Waals surface area contributed by atoms with Gasteiger partial charge in [0.05, 0.1) is 5.52 Å². The van der Waals surface area contributed by atoms with Crippen LogP contribution in [0, 0.1) is 17.7 Å². The van der Waals surface area contributed by atoms with Gasteiger partial charge in [0.15, 0.2) is 5.82 Å². The predicted molar refractivity (Wildman–Crippen MR) is 78.6 cm³/mol. The molecule has 2 aliphatic carbocycles. The summed E-state index contributed by atoms with van der Waals surface area (Å²) in [7, 11) is 0. The molecular formula is C16H18ClFN2. The normalized spacial score (nSPS) is 28.6. The molecule has 2 nitrogen and oxygen atoms in total. The number of aromatic nitrogens is 2. The molecule has 2 aliphatic rings. The Labute approximate surface area is 122 Å². The van der Waals surface area contributed by atoms with Gasteiger partial charge in [-0.3, -0.25) is 0 Å². The van der Waals surface area contributed by atoms with Crippen LogP contribution < -0.4 is 0 Å². The van der Waals surface area contributed by atoms with E-state index < -0.39 is 0 Å². The lowest BCUT2D eigenvalue weighted by molar-refractivity contribution is 0.329. The molecule has 20 heavy (non-hydrogen) atoms. The summed E-state index contributed by atoms with van der Waals surface area (Å²) in [5.41, 5.74) is 1.46. The summed E-state index contributed by atoms with van der Waals surface area (Å²) in [6, 6.07) is 5.77. The summed E-state index contributed by atoms with van der Waals surface area (Å²) in [5.74, 6) is 2.87. The topological polar surface area (TPSA) is 17.8 Å². The van der Waals surface area contributed by atoms with E-state index in [-0.39, 0.29) is 5.82 Å². The monoisotopic (exact) mass is 292 g/mol. The molecule has 2 fully saturated rings. The first-order valence-corrected chi connectivity index (χ1v) is 8.02. The highest BCUT2D eigenvalue weighted by atomic mass is 35.5. The molecule has 1 aromatic heterocycles. The van der Waals surface area contributed by atoms with E-state index in [9.17, 15) is 4.39 Å². The van der Waals surface area contributed by atoms with Crippen LogP contribution >= 0.6 is 11.6 Å². The molecular weight excluding hydrogens is 275 g/mol. The number of alkyl halides is 1. The van der Waals surface area contributed by atoms with Crippen molar-refractivity contribution in [1.82, 2.24) is 9.55 Å².